The van der Waals surface area contributed by atoms with E-state index in [2.05, 4.69) is 38.8 Å². The van der Waals surface area contributed by atoms with Crippen LogP contribution in [0.1, 0.15) is 19.8 Å². The van der Waals surface area contributed by atoms with Gasteiger partial charge < -0.3 is 9.80 Å². The van der Waals surface area contributed by atoms with E-state index in [1.54, 1.807) is 10.9 Å². The summed E-state index contributed by atoms with van der Waals surface area (Å²) in [4.78, 5) is 24.4. The molecular weight excluding hydrogens is 268 g/mol. The molecule has 7 nitrogen and oxygen atoms in total. The van der Waals surface area contributed by atoms with Crippen LogP contribution in [0.3, 0.4) is 0 Å². The maximum absolute atomic E-state index is 12.2. The third-order valence-electron chi connectivity index (χ3n) is 4.23. The summed E-state index contributed by atoms with van der Waals surface area (Å²) in [6.07, 6.45) is 3.66. The molecule has 7 heteroatoms. The van der Waals surface area contributed by atoms with Gasteiger partial charge in [0.2, 0.25) is 5.95 Å². The molecule has 0 amide bonds. The van der Waals surface area contributed by atoms with Crippen molar-refractivity contribution >= 4 is 17.0 Å². The van der Waals surface area contributed by atoms with Gasteiger partial charge in [-0.05, 0) is 26.4 Å². The molecule has 1 aliphatic rings. The van der Waals surface area contributed by atoms with E-state index < -0.39 is 0 Å². The van der Waals surface area contributed by atoms with Crippen LogP contribution in [-0.2, 0) is 7.05 Å². The molecule has 3 rings (SSSR count). The first-order chi connectivity index (χ1) is 10.1. The van der Waals surface area contributed by atoms with Gasteiger partial charge in [0.15, 0.2) is 5.65 Å². The number of hydrogen-bond acceptors (Lipinski definition) is 5. The summed E-state index contributed by atoms with van der Waals surface area (Å²) >= 11 is 0. The van der Waals surface area contributed by atoms with E-state index in [0.717, 1.165) is 32.5 Å². The van der Waals surface area contributed by atoms with Crippen LogP contribution in [0.5, 0.6) is 0 Å². The van der Waals surface area contributed by atoms with Crippen molar-refractivity contribution in [2.75, 3.05) is 31.6 Å². The fourth-order valence-electron chi connectivity index (χ4n) is 3.03. The molecule has 3 heterocycles. The lowest BCUT2D eigenvalue weighted by Gasteiger charge is -2.30. The minimum atomic E-state index is -0.115. The second kappa shape index (κ2) is 5.48. The second-order valence-electron chi connectivity index (χ2n) is 5.77. The first-order valence-corrected chi connectivity index (χ1v) is 7.47. The zero-order chi connectivity index (χ0) is 15.0. The van der Waals surface area contributed by atoms with Gasteiger partial charge in [-0.25, -0.2) is 0 Å². The molecule has 21 heavy (non-hydrogen) atoms. The standard InChI is InChI=1S/C14H22N6O/c1-4-10-9-18(2)6-5-7-20(10)14-16-12-11(13(21)17-14)8-15-19(12)3/h8,10H,4-7,9H2,1-3H3,(H,16,17,21). The molecule has 0 spiro atoms. The summed E-state index contributed by atoms with van der Waals surface area (Å²) in [7, 11) is 3.96. The monoisotopic (exact) mass is 290 g/mol. The van der Waals surface area contributed by atoms with Crippen molar-refractivity contribution in [3.63, 3.8) is 0 Å². The van der Waals surface area contributed by atoms with Gasteiger partial charge in [-0.15, -0.1) is 0 Å². The average Bonchev–Trinajstić information content (AvgIpc) is 2.72. The Kier molecular flexibility index (Phi) is 3.67. The number of anilines is 1. The SMILES string of the molecule is CCC1CN(C)CCCN1c1nc2c(cnn2C)c(=O)[nH]1. The normalized spacial score (nSPS) is 20.9. The summed E-state index contributed by atoms with van der Waals surface area (Å²) in [6.45, 7) is 5.15. The number of H-pyrrole nitrogens is 1. The summed E-state index contributed by atoms with van der Waals surface area (Å²) < 4.78 is 1.65. The Bertz CT molecular complexity index is 690. The number of hydrogen-bond donors (Lipinski definition) is 1. The van der Waals surface area contributed by atoms with Gasteiger partial charge >= 0.3 is 0 Å². The van der Waals surface area contributed by atoms with E-state index in [4.69, 9.17) is 0 Å². The smallest absolute Gasteiger partial charge is 0.263 e. The molecular formula is C14H22N6O. The third kappa shape index (κ3) is 2.53. The summed E-state index contributed by atoms with van der Waals surface area (Å²) in [5.41, 5.74) is 0.525. The Labute approximate surface area is 123 Å². The number of nitrogens with zero attached hydrogens (tertiary/aromatic N) is 5. The second-order valence-corrected chi connectivity index (χ2v) is 5.77. The lowest BCUT2D eigenvalue weighted by Crippen LogP contribution is -2.41. The van der Waals surface area contributed by atoms with Gasteiger partial charge in [0.1, 0.15) is 5.39 Å². The Balaban J connectivity index is 2.05. The number of nitrogens with one attached hydrogen (secondary N) is 1. The Morgan fingerprint density at radius 2 is 2.19 bits per heavy atom. The lowest BCUT2D eigenvalue weighted by molar-refractivity contribution is 0.327. The van der Waals surface area contributed by atoms with Crippen LogP contribution in [0.2, 0.25) is 0 Å². The summed E-state index contributed by atoms with van der Waals surface area (Å²) in [6, 6.07) is 0.367. The largest absolute Gasteiger partial charge is 0.338 e. The molecule has 0 radical (unpaired) electrons. The van der Waals surface area contributed by atoms with Crippen LogP contribution in [-0.4, -0.2) is 57.4 Å². The van der Waals surface area contributed by atoms with Crippen molar-refractivity contribution in [1.29, 1.82) is 0 Å². The Hall–Kier alpha value is -1.89. The number of fused-ring (bicyclic) bond motifs is 1. The zero-order valence-electron chi connectivity index (χ0n) is 12.8. The van der Waals surface area contributed by atoms with Gasteiger partial charge in [0, 0.05) is 26.2 Å². The number of rotatable bonds is 2. The van der Waals surface area contributed by atoms with Crippen molar-refractivity contribution in [2.45, 2.75) is 25.8 Å². The topological polar surface area (TPSA) is 70.1 Å². The number of aryl methyl sites for hydroxylation is 1. The van der Waals surface area contributed by atoms with E-state index in [-0.39, 0.29) is 5.56 Å². The number of aromatic amines is 1. The van der Waals surface area contributed by atoms with Crippen molar-refractivity contribution < 1.29 is 0 Å². The highest BCUT2D eigenvalue weighted by atomic mass is 16.1. The summed E-state index contributed by atoms with van der Waals surface area (Å²) in [5, 5.41) is 4.66. The zero-order valence-corrected chi connectivity index (χ0v) is 12.8. The van der Waals surface area contributed by atoms with E-state index in [1.807, 2.05) is 7.05 Å². The summed E-state index contributed by atoms with van der Waals surface area (Å²) in [5.74, 6) is 0.665. The number of aromatic nitrogens is 4. The highest BCUT2D eigenvalue weighted by Crippen LogP contribution is 2.18. The quantitative estimate of drug-likeness (QED) is 0.876. The minimum Gasteiger partial charge on any atom is -0.338 e. The van der Waals surface area contributed by atoms with Crippen LogP contribution in [0.15, 0.2) is 11.0 Å². The fourth-order valence-corrected chi connectivity index (χ4v) is 3.03. The van der Waals surface area contributed by atoms with Crippen molar-refractivity contribution in [3.8, 4) is 0 Å². The molecule has 2 aromatic rings. The highest BCUT2D eigenvalue weighted by Gasteiger charge is 2.24. The first-order valence-electron chi connectivity index (χ1n) is 7.47. The minimum absolute atomic E-state index is 0.115. The molecule has 1 saturated heterocycles. The molecule has 2 aromatic heterocycles. The number of likely N-dealkylation sites (N-methyl/N-ethyl adjacent to an activating group) is 1. The molecule has 0 bridgehead atoms. The molecule has 0 aromatic carbocycles. The highest BCUT2D eigenvalue weighted by molar-refractivity contribution is 5.74. The van der Waals surface area contributed by atoms with Crippen LogP contribution in [0, 0.1) is 0 Å². The van der Waals surface area contributed by atoms with E-state index in [0.29, 0.717) is 23.0 Å². The fraction of sp³-hybridized carbons (Fsp3) is 0.643. The molecule has 1 unspecified atom stereocenters. The molecule has 1 atom stereocenters. The van der Waals surface area contributed by atoms with Crippen LogP contribution in [0.25, 0.3) is 11.0 Å². The van der Waals surface area contributed by atoms with Crippen LogP contribution < -0.4 is 10.5 Å². The molecule has 0 aliphatic carbocycles. The molecule has 0 saturated carbocycles. The van der Waals surface area contributed by atoms with E-state index >= 15 is 0 Å². The van der Waals surface area contributed by atoms with Crippen molar-refractivity contribution in [2.24, 2.45) is 7.05 Å². The van der Waals surface area contributed by atoms with Gasteiger partial charge in [0.25, 0.3) is 5.56 Å². The van der Waals surface area contributed by atoms with Gasteiger partial charge in [0.05, 0.1) is 6.20 Å². The maximum Gasteiger partial charge on any atom is 0.263 e. The van der Waals surface area contributed by atoms with E-state index in [9.17, 15) is 4.79 Å². The average molecular weight is 290 g/mol. The van der Waals surface area contributed by atoms with Gasteiger partial charge in [-0.1, -0.05) is 6.92 Å². The van der Waals surface area contributed by atoms with Crippen LogP contribution in [0.4, 0.5) is 5.95 Å². The predicted molar refractivity (Wildman–Crippen MR) is 82.7 cm³/mol. The van der Waals surface area contributed by atoms with E-state index in [1.165, 1.54) is 0 Å². The van der Waals surface area contributed by atoms with Gasteiger partial charge in [-0.2, -0.15) is 10.1 Å². The third-order valence-corrected chi connectivity index (χ3v) is 4.23. The van der Waals surface area contributed by atoms with Crippen LogP contribution >= 0.6 is 0 Å². The maximum atomic E-state index is 12.2. The van der Waals surface area contributed by atoms with Crippen molar-refractivity contribution in [3.05, 3.63) is 16.6 Å². The molecule has 1 fully saturated rings. The Morgan fingerprint density at radius 3 is 2.95 bits per heavy atom. The Morgan fingerprint density at radius 1 is 1.38 bits per heavy atom. The lowest BCUT2D eigenvalue weighted by atomic mass is 10.2. The molecule has 114 valence electrons. The first kappa shape index (κ1) is 14.1. The van der Waals surface area contributed by atoms with Gasteiger partial charge in [-0.3, -0.25) is 14.5 Å². The predicted octanol–water partition coefficient (Wildman–Crippen LogP) is 0.577. The van der Waals surface area contributed by atoms with Crippen molar-refractivity contribution in [1.82, 2.24) is 24.6 Å². The molecule has 1 aliphatic heterocycles. The molecule has 1 N–H and O–H groups in total.